The summed E-state index contributed by atoms with van der Waals surface area (Å²) in [5.74, 6) is 6.11. The molecule has 0 aliphatic carbocycles. The van der Waals surface area contributed by atoms with Gasteiger partial charge >= 0.3 is 0 Å². The smallest absolute Gasteiger partial charge is 0.137 e. The number of imidazole rings is 1. The molecule has 0 spiro atoms. The minimum absolute atomic E-state index is 0.699. The number of nitrogens with zero attached hydrogens (tertiary/aromatic N) is 2. The van der Waals surface area contributed by atoms with Crippen molar-refractivity contribution in [3.63, 3.8) is 0 Å². The van der Waals surface area contributed by atoms with Gasteiger partial charge in [0.1, 0.15) is 5.65 Å². The van der Waals surface area contributed by atoms with E-state index in [9.17, 15) is 0 Å². The van der Waals surface area contributed by atoms with Crippen molar-refractivity contribution in [2.24, 2.45) is 0 Å². The van der Waals surface area contributed by atoms with Gasteiger partial charge in [-0.3, -0.25) is 4.40 Å². The molecule has 0 aliphatic heterocycles. The fourth-order valence-corrected chi connectivity index (χ4v) is 1.27. The summed E-state index contributed by atoms with van der Waals surface area (Å²) in [6, 6.07) is 5.91. The van der Waals surface area contributed by atoms with Crippen molar-refractivity contribution in [1.29, 1.82) is 0 Å². The highest BCUT2D eigenvalue weighted by Crippen LogP contribution is 2.03. The van der Waals surface area contributed by atoms with Gasteiger partial charge in [0.15, 0.2) is 0 Å². The Morgan fingerprint density at radius 2 is 2.43 bits per heavy atom. The van der Waals surface area contributed by atoms with Gasteiger partial charge in [-0.1, -0.05) is 12.0 Å². The Balaban J connectivity index is 2.43. The normalized spacial score (nSPS) is 9.79. The largest absolute Gasteiger partial charge is 0.309 e. The minimum atomic E-state index is 0.699. The number of fused-ring (bicyclic) bond motifs is 1. The molecule has 0 bridgehead atoms. The van der Waals surface area contributed by atoms with Crippen molar-refractivity contribution in [2.75, 3.05) is 13.6 Å². The molecule has 3 heteroatoms. The number of hydrogen-bond acceptors (Lipinski definition) is 2. The van der Waals surface area contributed by atoms with Crippen molar-refractivity contribution in [3.05, 3.63) is 36.3 Å². The molecule has 0 fully saturated rings. The Hall–Kier alpha value is -1.79. The molecule has 0 saturated carbocycles. The van der Waals surface area contributed by atoms with Crippen LogP contribution in [-0.4, -0.2) is 23.0 Å². The van der Waals surface area contributed by atoms with Crippen molar-refractivity contribution in [1.82, 2.24) is 14.7 Å². The summed E-state index contributed by atoms with van der Waals surface area (Å²) < 4.78 is 1.97. The van der Waals surface area contributed by atoms with Crippen LogP contribution < -0.4 is 5.32 Å². The average molecular weight is 185 g/mol. The summed E-state index contributed by atoms with van der Waals surface area (Å²) in [5.41, 5.74) is 1.90. The monoisotopic (exact) mass is 185 g/mol. The van der Waals surface area contributed by atoms with Gasteiger partial charge in [0, 0.05) is 12.4 Å². The van der Waals surface area contributed by atoms with Gasteiger partial charge in [-0.2, -0.15) is 0 Å². The van der Waals surface area contributed by atoms with Crippen molar-refractivity contribution >= 4 is 5.65 Å². The van der Waals surface area contributed by atoms with Gasteiger partial charge in [-0.25, -0.2) is 4.98 Å². The standard InChI is InChI=1S/C11H11N3/c1-12-7-3-5-10-4-2-6-11-13-8-9-14(10)11/h2,4,6,8-9,12H,7H2,1H3. The molecular formula is C11H11N3. The van der Waals surface area contributed by atoms with Gasteiger partial charge < -0.3 is 5.32 Å². The second-order valence-corrected chi connectivity index (χ2v) is 2.90. The molecule has 0 radical (unpaired) electrons. The predicted octanol–water partition coefficient (Wildman–Crippen LogP) is 0.905. The summed E-state index contributed by atoms with van der Waals surface area (Å²) >= 11 is 0. The van der Waals surface area contributed by atoms with Crippen LogP contribution in [0.15, 0.2) is 30.6 Å². The van der Waals surface area contributed by atoms with E-state index < -0.39 is 0 Å². The molecule has 0 amide bonds. The molecule has 0 saturated heterocycles. The molecule has 1 N–H and O–H groups in total. The maximum Gasteiger partial charge on any atom is 0.137 e. The summed E-state index contributed by atoms with van der Waals surface area (Å²) in [7, 11) is 1.88. The fraction of sp³-hybridized carbons (Fsp3) is 0.182. The number of rotatable bonds is 1. The van der Waals surface area contributed by atoms with E-state index in [2.05, 4.69) is 22.1 Å². The van der Waals surface area contributed by atoms with Crippen LogP contribution in [0.1, 0.15) is 5.69 Å². The molecule has 2 aromatic rings. The van der Waals surface area contributed by atoms with Crippen molar-refractivity contribution in [3.8, 4) is 11.8 Å². The SMILES string of the molecule is CNCC#Cc1cccc2nccn12. The number of aromatic nitrogens is 2. The van der Waals surface area contributed by atoms with Crippen LogP contribution in [0, 0.1) is 11.8 Å². The Bertz CT molecular complexity index is 488. The van der Waals surface area contributed by atoms with E-state index in [0.717, 1.165) is 11.3 Å². The first kappa shape index (κ1) is 8.79. The van der Waals surface area contributed by atoms with E-state index in [1.54, 1.807) is 6.20 Å². The molecule has 2 rings (SSSR count). The molecule has 0 unspecified atom stereocenters. The summed E-state index contributed by atoms with van der Waals surface area (Å²) in [6.07, 6.45) is 3.69. The Morgan fingerprint density at radius 3 is 3.29 bits per heavy atom. The lowest BCUT2D eigenvalue weighted by atomic mass is 10.3. The zero-order valence-corrected chi connectivity index (χ0v) is 7.99. The number of pyridine rings is 1. The Morgan fingerprint density at radius 1 is 1.50 bits per heavy atom. The highest BCUT2D eigenvalue weighted by Gasteiger charge is 1.95. The van der Waals surface area contributed by atoms with Crippen LogP contribution in [0.2, 0.25) is 0 Å². The zero-order chi connectivity index (χ0) is 9.80. The highest BCUT2D eigenvalue weighted by atomic mass is 15.0. The van der Waals surface area contributed by atoms with Crippen LogP contribution in [0.25, 0.3) is 5.65 Å². The first-order valence-electron chi connectivity index (χ1n) is 4.47. The second-order valence-electron chi connectivity index (χ2n) is 2.90. The van der Waals surface area contributed by atoms with Crippen LogP contribution in [-0.2, 0) is 0 Å². The third-order valence-electron chi connectivity index (χ3n) is 1.91. The fourth-order valence-electron chi connectivity index (χ4n) is 1.27. The van der Waals surface area contributed by atoms with Crippen LogP contribution in [0.5, 0.6) is 0 Å². The highest BCUT2D eigenvalue weighted by molar-refractivity contribution is 5.44. The van der Waals surface area contributed by atoms with E-state index in [-0.39, 0.29) is 0 Å². The quantitative estimate of drug-likeness (QED) is 0.669. The molecule has 0 aromatic carbocycles. The number of hydrogen-bond donors (Lipinski definition) is 1. The lowest BCUT2D eigenvalue weighted by molar-refractivity contribution is 0.937. The first-order valence-corrected chi connectivity index (χ1v) is 4.47. The molecule has 70 valence electrons. The first-order chi connectivity index (χ1) is 6.92. The van der Waals surface area contributed by atoms with E-state index >= 15 is 0 Å². The van der Waals surface area contributed by atoms with Gasteiger partial charge in [0.25, 0.3) is 0 Å². The number of nitrogens with one attached hydrogen (secondary N) is 1. The molecule has 0 atom stereocenters. The summed E-state index contributed by atoms with van der Waals surface area (Å²) in [4.78, 5) is 4.19. The maximum absolute atomic E-state index is 4.19. The average Bonchev–Trinajstić information content (AvgIpc) is 2.67. The van der Waals surface area contributed by atoms with Crippen LogP contribution >= 0.6 is 0 Å². The minimum Gasteiger partial charge on any atom is -0.309 e. The molecule has 2 heterocycles. The van der Waals surface area contributed by atoms with Crippen LogP contribution in [0.3, 0.4) is 0 Å². The van der Waals surface area contributed by atoms with Gasteiger partial charge in [-0.15, -0.1) is 0 Å². The molecule has 0 aliphatic rings. The Labute approximate surface area is 82.8 Å². The maximum atomic E-state index is 4.19. The predicted molar refractivity (Wildman–Crippen MR) is 56.0 cm³/mol. The van der Waals surface area contributed by atoms with E-state index in [1.165, 1.54) is 0 Å². The van der Waals surface area contributed by atoms with E-state index in [1.807, 2.05) is 35.8 Å². The zero-order valence-electron chi connectivity index (χ0n) is 7.99. The third-order valence-corrected chi connectivity index (χ3v) is 1.91. The Kier molecular flexibility index (Phi) is 2.48. The lowest BCUT2D eigenvalue weighted by Crippen LogP contribution is -2.04. The molecule has 2 aromatic heterocycles. The van der Waals surface area contributed by atoms with E-state index in [0.29, 0.717) is 6.54 Å². The van der Waals surface area contributed by atoms with Gasteiger partial charge in [-0.05, 0) is 25.1 Å². The van der Waals surface area contributed by atoms with Crippen molar-refractivity contribution in [2.45, 2.75) is 0 Å². The topological polar surface area (TPSA) is 29.3 Å². The molecule has 14 heavy (non-hydrogen) atoms. The lowest BCUT2D eigenvalue weighted by Gasteiger charge is -1.96. The van der Waals surface area contributed by atoms with Gasteiger partial charge in [0.2, 0.25) is 0 Å². The van der Waals surface area contributed by atoms with E-state index in [4.69, 9.17) is 0 Å². The molecular weight excluding hydrogens is 174 g/mol. The summed E-state index contributed by atoms with van der Waals surface area (Å²) in [6.45, 7) is 0.699. The molecule has 3 nitrogen and oxygen atoms in total. The second kappa shape index (κ2) is 3.95. The summed E-state index contributed by atoms with van der Waals surface area (Å²) in [5, 5.41) is 2.98. The van der Waals surface area contributed by atoms with Crippen molar-refractivity contribution < 1.29 is 0 Å². The van der Waals surface area contributed by atoms with Gasteiger partial charge in [0.05, 0.1) is 12.2 Å². The third kappa shape index (κ3) is 1.61. The van der Waals surface area contributed by atoms with Crippen LogP contribution in [0.4, 0.5) is 0 Å².